The van der Waals surface area contributed by atoms with E-state index in [1.807, 2.05) is 19.1 Å². The van der Waals surface area contributed by atoms with Gasteiger partial charge in [0.15, 0.2) is 0 Å². The summed E-state index contributed by atoms with van der Waals surface area (Å²) in [5.41, 5.74) is 1.14. The van der Waals surface area contributed by atoms with Gasteiger partial charge in [0.2, 0.25) is 0 Å². The van der Waals surface area contributed by atoms with Crippen molar-refractivity contribution < 1.29 is 9.78 Å². The molecular formula is C14H22O2. The number of hydrogen-bond donors (Lipinski definition) is 0. The fourth-order valence-electron chi connectivity index (χ4n) is 1.04. The maximum atomic E-state index is 5.05. The summed E-state index contributed by atoms with van der Waals surface area (Å²) in [6.07, 6.45) is 15.5. The number of allylic oxidation sites excluding steroid dienone is 5. The van der Waals surface area contributed by atoms with Gasteiger partial charge in [0.1, 0.15) is 12.9 Å². The summed E-state index contributed by atoms with van der Waals surface area (Å²) in [4.78, 5) is 9.94. The predicted molar refractivity (Wildman–Crippen MR) is 68.8 cm³/mol. The molecule has 0 aromatic carbocycles. The van der Waals surface area contributed by atoms with E-state index in [1.54, 1.807) is 6.08 Å². The predicted octanol–water partition coefficient (Wildman–Crippen LogP) is 4.33. The van der Waals surface area contributed by atoms with Gasteiger partial charge in [-0.2, -0.15) is 4.89 Å². The highest BCUT2D eigenvalue weighted by Gasteiger charge is 1.92. The van der Waals surface area contributed by atoms with Crippen molar-refractivity contribution >= 4 is 0 Å². The molecule has 0 radical (unpaired) electrons. The van der Waals surface area contributed by atoms with Crippen LogP contribution in [0, 0.1) is 0 Å². The van der Waals surface area contributed by atoms with Crippen LogP contribution in [0.4, 0.5) is 0 Å². The highest BCUT2D eigenvalue weighted by atomic mass is 17.2. The van der Waals surface area contributed by atoms with Crippen LogP contribution in [0.15, 0.2) is 48.3 Å². The zero-order chi connectivity index (χ0) is 12.1. The van der Waals surface area contributed by atoms with Crippen molar-refractivity contribution in [3.63, 3.8) is 0 Å². The second-order valence-electron chi connectivity index (χ2n) is 3.21. The molecule has 2 heteroatoms. The summed E-state index contributed by atoms with van der Waals surface area (Å²) in [6.45, 7) is 6.64. The van der Waals surface area contributed by atoms with E-state index in [0.717, 1.165) is 18.4 Å². The van der Waals surface area contributed by atoms with Crippen molar-refractivity contribution in [2.75, 3.05) is 6.61 Å². The Balaban J connectivity index is 3.85. The molecule has 0 rings (SSSR count). The molecule has 0 amide bonds. The molecule has 0 unspecified atom stereocenters. The molecule has 0 aliphatic heterocycles. The molecule has 0 atom stereocenters. The maximum Gasteiger partial charge on any atom is 0.129 e. The third kappa shape index (κ3) is 9.28. The van der Waals surface area contributed by atoms with Crippen molar-refractivity contribution in [1.29, 1.82) is 0 Å². The topological polar surface area (TPSA) is 18.5 Å². The Bertz CT molecular complexity index is 260. The van der Waals surface area contributed by atoms with E-state index in [0.29, 0.717) is 6.61 Å². The molecule has 90 valence electrons. The minimum Gasteiger partial charge on any atom is -0.345 e. The molecule has 0 fully saturated rings. The van der Waals surface area contributed by atoms with Crippen molar-refractivity contribution in [1.82, 2.24) is 0 Å². The van der Waals surface area contributed by atoms with Crippen LogP contribution >= 0.6 is 0 Å². The summed E-state index contributed by atoms with van der Waals surface area (Å²) in [5, 5.41) is 0. The van der Waals surface area contributed by atoms with E-state index < -0.39 is 0 Å². The molecule has 0 spiro atoms. The third-order valence-corrected chi connectivity index (χ3v) is 1.77. The SMILES string of the molecule is C/C=C\C=C\OOCC(/C=C/CC)=C/CC. The minimum absolute atomic E-state index is 0.477. The smallest absolute Gasteiger partial charge is 0.129 e. The summed E-state index contributed by atoms with van der Waals surface area (Å²) < 4.78 is 0. The van der Waals surface area contributed by atoms with Crippen LogP contribution in [-0.2, 0) is 9.78 Å². The average Bonchev–Trinajstić information content (AvgIpc) is 2.30. The summed E-state index contributed by atoms with van der Waals surface area (Å²) in [6, 6.07) is 0. The summed E-state index contributed by atoms with van der Waals surface area (Å²) in [7, 11) is 0. The Hall–Kier alpha value is -1.28. The van der Waals surface area contributed by atoms with Crippen molar-refractivity contribution in [3.05, 3.63) is 48.3 Å². The number of hydrogen-bond acceptors (Lipinski definition) is 2. The lowest BCUT2D eigenvalue weighted by atomic mass is 10.2. The first-order valence-corrected chi connectivity index (χ1v) is 5.76. The lowest BCUT2D eigenvalue weighted by molar-refractivity contribution is -0.240. The van der Waals surface area contributed by atoms with Crippen molar-refractivity contribution in [2.24, 2.45) is 0 Å². The van der Waals surface area contributed by atoms with Crippen molar-refractivity contribution in [2.45, 2.75) is 33.6 Å². The molecule has 0 heterocycles. The zero-order valence-electron chi connectivity index (χ0n) is 10.5. The molecule has 0 aromatic heterocycles. The van der Waals surface area contributed by atoms with Gasteiger partial charge in [0.25, 0.3) is 0 Å². The Labute approximate surface area is 98.9 Å². The fourth-order valence-corrected chi connectivity index (χ4v) is 1.04. The molecular weight excluding hydrogens is 200 g/mol. The van der Waals surface area contributed by atoms with E-state index in [2.05, 4.69) is 32.1 Å². The quantitative estimate of drug-likeness (QED) is 0.200. The molecule has 0 aliphatic carbocycles. The van der Waals surface area contributed by atoms with Gasteiger partial charge in [-0.05, 0) is 31.4 Å². The van der Waals surface area contributed by atoms with Crippen LogP contribution in [0.3, 0.4) is 0 Å². The standard InChI is InChI=1S/C14H22O2/c1-4-7-9-12-15-16-13-14(10-6-3)11-8-5-2/h4,7-12H,5-6,13H2,1-3H3/b7-4-,11-8+,12-9+,14-10+. The Morgan fingerprint density at radius 2 is 1.94 bits per heavy atom. The molecule has 0 saturated carbocycles. The summed E-state index contributed by atoms with van der Waals surface area (Å²) >= 11 is 0. The van der Waals surface area contributed by atoms with Crippen LogP contribution in [0.2, 0.25) is 0 Å². The highest BCUT2D eigenvalue weighted by molar-refractivity contribution is 5.18. The van der Waals surface area contributed by atoms with Crippen molar-refractivity contribution in [3.8, 4) is 0 Å². The second-order valence-corrected chi connectivity index (χ2v) is 3.21. The van der Waals surface area contributed by atoms with Crippen LogP contribution in [0.25, 0.3) is 0 Å². The summed E-state index contributed by atoms with van der Waals surface area (Å²) in [5.74, 6) is 0. The molecule has 0 aromatic rings. The Morgan fingerprint density at radius 1 is 1.12 bits per heavy atom. The zero-order valence-corrected chi connectivity index (χ0v) is 10.5. The molecule has 0 bridgehead atoms. The Morgan fingerprint density at radius 3 is 2.56 bits per heavy atom. The van der Waals surface area contributed by atoms with Crippen LogP contribution in [0.5, 0.6) is 0 Å². The normalized spacial score (nSPS) is 13.3. The van der Waals surface area contributed by atoms with Crippen LogP contribution < -0.4 is 0 Å². The third-order valence-electron chi connectivity index (χ3n) is 1.77. The molecule has 0 saturated heterocycles. The van der Waals surface area contributed by atoms with Crippen LogP contribution in [0.1, 0.15) is 33.6 Å². The first-order valence-electron chi connectivity index (χ1n) is 5.76. The van der Waals surface area contributed by atoms with Gasteiger partial charge in [0, 0.05) is 0 Å². The average molecular weight is 222 g/mol. The van der Waals surface area contributed by atoms with E-state index >= 15 is 0 Å². The second kappa shape index (κ2) is 11.8. The highest BCUT2D eigenvalue weighted by Crippen LogP contribution is 2.02. The van der Waals surface area contributed by atoms with E-state index in [9.17, 15) is 0 Å². The van der Waals surface area contributed by atoms with E-state index in [4.69, 9.17) is 9.78 Å². The monoisotopic (exact) mass is 222 g/mol. The molecule has 0 N–H and O–H groups in total. The molecule has 2 nitrogen and oxygen atoms in total. The van der Waals surface area contributed by atoms with E-state index in [-0.39, 0.29) is 0 Å². The lowest BCUT2D eigenvalue weighted by Gasteiger charge is -2.01. The first kappa shape index (κ1) is 14.7. The van der Waals surface area contributed by atoms with Gasteiger partial charge in [-0.15, -0.1) is 0 Å². The fraction of sp³-hybridized carbons (Fsp3) is 0.429. The molecule has 0 aliphatic rings. The first-order chi connectivity index (χ1) is 7.85. The van der Waals surface area contributed by atoms with Gasteiger partial charge >= 0.3 is 0 Å². The van der Waals surface area contributed by atoms with Gasteiger partial charge < -0.3 is 4.89 Å². The van der Waals surface area contributed by atoms with E-state index in [1.165, 1.54) is 6.26 Å². The number of rotatable bonds is 8. The van der Waals surface area contributed by atoms with Gasteiger partial charge in [-0.25, -0.2) is 0 Å². The Kier molecular flexibility index (Phi) is 10.8. The largest absolute Gasteiger partial charge is 0.345 e. The van der Waals surface area contributed by atoms with Crippen LogP contribution in [-0.4, -0.2) is 6.61 Å². The van der Waals surface area contributed by atoms with Gasteiger partial charge in [0.05, 0.1) is 0 Å². The lowest BCUT2D eigenvalue weighted by Crippen LogP contribution is -1.94. The maximum absolute atomic E-state index is 5.05. The van der Waals surface area contributed by atoms with Gasteiger partial charge in [-0.1, -0.05) is 44.2 Å². The van der Waals surface area contributed by atoms with Gasteiger partial charge in [-0.3, -0.25) is 0 Å². The molecule has 16 heavy (non-hydrogen) atoms. The minimum atomic E-state index is 0.477.